The topological polar surface area (TPSA) is 78.8 Å². The number of carboxylic acid groups (broad SMARTS) is 1. The van der Waals surface area contributed by atoms with Crippen LogP contribution < -0.4 is 10.1 Å². The molecule has 1 aromatic carbocycles. The molecule has 0 saturated heterocycles. The fraction of sp³-hybridized carbons (Fsp3) is 0.500. The predicted octanol–water partition coefficient (Wildman–Crippen LogP) is 2.24. The van der Waals surface area contributed by atoms with Crippen LogP contribution >= 0.6 is 0 Å². The highest BCUT2D eigenvalue weighted by molar-refractivity contribution is 5.66. The second-order valence-electron chi connectivity index (χ2n) is 4.39. The Kier molecular flexibility index (Phi) is 6.15. The first-order chi connectivity index (χ1) is 9.06. The minimum atomic E-state index is -0.795. The molecule has 106 valence electrons. The van der Waals surface area contributed by atoms with Crippen molar-refractivity contribution in [2.45, 2.75) is 39.3 Å². The van der Waals surface area contributed by atoms with Gasteiger partial charge >= 0.3 is 5.97 Å². The second-order valence-corrected chi connectivity index (χ2v) is 4.39. The van der Waals surface area contributed by atoms with E-state index in [-0.39, 0.29) is 19.1 Å². The molecule has 0 aliphatic carbocycles. The maximum atomic E-state index is 10.5. The summed E-state index contributed by atoms with van der Waals surface area (Å²) in [4.78, 5) is 10.5. The van der Waals surface area contributed by atoms with Crippen LogP contribution in [0.4, 0.5) is 5.69 Å². The molecule has 5 heteroatoms. The van der Waals surface area contributed by atoms with Crippen LogP contribution in [-0.2, 0) is 11.4 Å². The third kappa shape index (κ3) is 5.18. The van der Waals surface area contributed by atoms with E-state index in [0.29, 0.717) is 18.8 Å². The molecule has 0 bridgehead atoms. The van der Waals surface area contributed by atoms with Crippen molar-refractivity contribution in [3.05, 3.63) is 23.8 Å². The molecule has 0 aliphatic rings. The molecule has 3 N–H and O–H groups in total. The number of anilines is 1. The fourth-order valence-corrected chi connectivity index (χ4v) is 1.79. The molecule has 1 aromatic rings. The van der Waals surface area contributed by atoms with Crippen LogP contribution in [0.2, 0.25) is 0 Å². The highest BCUT2D eigenvalue weighted by atomic mass is 16.5. The lowest BCUT2D eigenvalue weighted by Gasteiger charge is -2.16. The van der Waals surface area contributed by atoms with Gasteiger partial charge in [-0.1, -0.05) is 0 Å². The molecule has 1 rings (SSSR count). The highest BCUT2D eigenvalue weighted by Crippen LogP contribution is 2.23. The highest BCUT2D eigenvalue weighted by Gasteiger charge is 2.08. The molecule has 0 aromatic heterocycles. The van der Waals surface area contributed by atoms with E-state index in [1.54, 1.807) is 6.07 Å². The largest absolute Gasteiger partial charge is 0.494 e. The van der Waals surface area contributed by atoms with Crippen molar-refractivity contribution in [3.8, 4) is 5.75 Å². The number of aliphatic carboxylic acids is 1. The summed E-state index contributed by atoms with van der Waals surface area (Å²) in [6.07, 6.45) is 0.690. The zero-order valence-electron chi connectivity index (χ0n) is 11.3. The molecule has 1 unspecified atom stereocenters. The first-order valence-corrected chi connectivity index (χ1v) is 6.41. The quantitative estimate of drug-likeness (QED) is 0.673. The number of aliphatic hydroxyl groups is 1. The SMILES string of the molecule is CCOc1ccc(NC(C)CCC(=O)O)cc1CO. The smallest absolute Gasteiger partial charge is 0.303 e. The van der Waals surface area contributed by atoms with Crippen LogP contribution in [0.25, 0.3) is 0 Å². The van der Waals surface area contributed by atoms with Crippen molar-refractivity contribution in [2.24, 2.45) is 0 Å². The van der Waals surface area contributed by atoms with Crippen LogP contribution in [0.3, 0.4) is 0 Å². The molecule has 0 fully saturated rings. The molecule has 1 atom stereocenters. The Balaban J connectivity index is 2.65. The lowest BCUT2D eigenvalue weighted by Crippen LogP contribution is -2.16. The van der Waals surface area contributed by atoms with Crippen molar-refractivity contribution >= 4 is 11.7 Å². The van der Waals surface area contributed by atoms with Gasteiger partial charge < -0.3 is 20.3 Å². The van der Waals surface area contributed by atoms with Crippen molar-refractivity contribution < 1.29 is 19.7 Å². The maximum Gasteiger partial charge on any atom is 0.303 e. The Hall–Kier alpha value is -1.75. The summed E-state index contributed by atoms with van der Waals surface area (Å²) in [6.45, 7) is 4.28. The first kappa shape index (κ1) is 15.3. The normalized spacial score (nSPS) is 11.9. The predicted molar refractivity (Wildman–Crippen MR) is 73.5 cm³/mol. The minimum absolute atomic E-state index is 0.0561. The number of hydrogen-bond acceptors (Lipinski definition) is 4. The van der Waals surface area contributed by atoms with Crippen LogP contribution in [0.1, 0.15) is 32.3 Å². The average molecular weight is 267 g/mol. The number of ether oxygens (including phenoxy) is 1. The number of benzene rings is 1. The molecular formula is C14H21NO4. The zero-order valence-corrected chi connectivity index (χ0v) is 11.3. The summed E-state index contributed by atoms with van der Waals surface area (Å²) in [7, 11) is 0. The van der Waals surface area contributed by atoms with E-state index < -0.39 is 5.97 Å². The number of carbonyl (C=O) groups is 1. The van der Waals surface area contributed by atoms with Gasteiger partial charge in [0.05, 0.1) is 13.2 Å². The molecular weight excluding hydrogens is 246 g/mol. The van der Waals surface area contributed by atoms with Crippen molar-refractivity contribution in [2.75, 3.05) is 11.9 Å². The Morgan fingerprint density at radius 3 is 2.79 bits per heavy atom. The molecule has 19 heavy (non-hydrogen) atoms. The second kappa shape index (κ2) is 7.63. The Bertz CT molecular complexity index is 420. The Labute approximate surface area is 113 Å². The van der Waals surface area contributed by atoms with Gasteiger partial charge in [-0.05, 0) is 38.5 Å². The van der Waals surface area contributed by atoms with E-state index >= 15 is 0 Å². The molecule has 0 heterocycles. The number of rotatable bonds is 8. The Morgan fingerprint density at radius 1 is 1.47 bits per heavy atom. The summed E-state index contributed by atoms with van der Waals surface area (Å²) in [5.41, 5.74) is 1.57. The monoisotopic (exact) mass is 267 g/mol. The van der Waals surface area contributed by atoms with Gasteiger partial charge in [0.2, 0.25) is 0 Å². The average Bonchev–Trinajstić information content (AvgIpc) is 2.38. The van der Waals surface area contributed by atoms with E-state index in [2.05, 4.69) is 5.32 Å². The van der Waals surface area contributed by atoms with E-state index in [0.717, 1.165) is 11.3 Å². The third-order valence-electron chi connectivity index (χ3n) is 2.73. The van der Waals surface area contributed by atoms with Gasteiger partial charge in [0.1, 0.15) is 5.75 Å². The van der Waals surface area contributed by atoms with Crippen molar-refractivity contribution in [3.63, 3.8) is 0 Å². The third-order valence-corrected chi connectivity index (χ3v) is 2.73. The summed E-state index contributed by atoms with van der Waals surface area (Å²) >= 11 is 0. The van der Waals surface area contributed by atoms with Gasteiger partial charge in [0.15, 0.2) is 0 Å². The number of aliphatic hydroxyl groups excluding tert-OH is 1. The van der Waals surface area contributed by atoms with Crippen molar-refractivity contribution in [1.29, 1.82) is 0 Å². The zero-order chi connectivity index (χ0) is 14.3. The lowest BCUT2D eigenvalue weighted by atomic mass is 10.1. The molecule has 0 amide bonds. The summed E-state index contributed by atoms with van der Waals surface area (Å²) in [6, 6.07) is 5.55. The van der Waals surface area contributed by atoms with Gasteiger partial charge in [0, 0.05) is 23.7 Å². The molecule has 5 nitrogen and oxygen atoms in total. The van der Waals surface area contributed by atoms with E-state index in [1.807, 2.05) is 26.0 Å². The van der Waals surface area contributed by atoms with Crippen LogP contribution in [-0.4, -0.2) is 28.8 Å². The minimum Gasteiger partial charge on any atom is -0.494 e. The van der Waals surface area contributed by atoms with Gasteiger partial charge in [-0.2, -0.15) is 0 Å². The van der Waals surface area contributed by atoms with Gasteiger partial charge in [-0.25, -0.2) is 0 Å². The molecule has 0 radical (unpaired) electrons. The molecule has 0 aliphatic heterocycles. The lowest BCUT2D eigenvalue weighted by molar-refractivity contribution is -0.137. The van der Waals surface area contributed by atoms with Gasteiger partial charge in [-0.15, -0.1) is 0 Å². The van der Waals surface area contributed by atoms with Crippen molar-refractivity contribution in [1.82, 2.24) is 0 Å². The molecule has 0 saturated carbocycles. The van der Waals surface area contributed by atoms with Crippen LogP contribution in [0.15, 0.2) is 18.2 Å². The summed E-state index contributed by atoms with van der Waals surface area (Å²) < 4.78 is 5.40. The first-order valence-electron chi connectivity index (χ1n) is 6.41. The van der Waals surface area contributed by atoms with E-state index in [1.165, 1.54) is 0 Å². The number of carboxylic acids is 1. The number of nitrogens with one attached hydrogen (secondary N) is 1. The van der Waals surface area contributed by atoms with Gasteiger partial charge in [0.25, 0.3) is 0 Å². The van der Waals surface area contributed by atoms with Crippen LogP contribution in [0.5, 0.6) is 5.75 Å². The number of hydrogen-bond donors (Lipinski definition) is 3. The van der Waals surface area contributed by atoms with E-state index in [4.69, 9.17) is 9.84 Å². The van der Waals surface area contributed by atoms with Gasteiger partial charge in [-0.3, -0.25) is 4.79 Å². The maximum absolute atomic E-state index is 10.5. The fourth-order valence-electron chi connectivity index (χ4n) is 1.79. The summed E-state index contributed by atoms with van der Waals surface area (Å²) in [5.74, 6) is -0.120. The summed E-state index contributed by atoms with van der Waals surface area (Å²) in [5, 5.41) is 21.1. The standard InChI is InChI=1S/C14H21NO4/c1-3-19-13-6-5-12(8-11(13)9-16)15-10(2)4-7-14(17)18/h5-6,8,10,15-16H,3-4,7,9H2,1-2H3,(H,17,18). The Morgan fingerprint density at radius 2 is 2.21 bits per heavy atom. The van der Waals surface area contributed by atoms with Crippen LogP contribution in [0, 0.1) is 0 Å². The van der Waals surface area contributed by atoms with E-state index in [9.17, 15) is 9.90 Å². The molecule has 0 spiro atoms.